The van der Waals surface area contributed by atoms with Gasteiger partial charge in [0.2, 0.25) is 0 Å². The summed E-state index contributed by atoms with van der Waals surface area (Å²) in [5.41, 5.74) is 2.52. The van der Waals surface area contributed by atoms with Crippen molar-refractivity contribution in [2.24, 2.45) is 5.92 Å². The van der Waals surface area contributed by atoms with Crippen LogP contribution in [0, 0.1) is 5.92 Å². The van der Waals surface area contributed by atoms with Gasteiger partial charge in [-0.15, -0.1) is 0 Å². The molecule has 1 aromatic rings. The second-order valence-corrected chi connectivity index (χ2v) is 6.30. The molecule has 0 saturated heterocycles. The Balaban J connectivity index is 2.89. The fraction of sp³-hybridized carbons (Fsp3) is 0.706. The number of hydrogen-bond donors (Lipinski definition) is 1. The summed E-state index contributed by atoms with van der Waals surface area (Å²) in [6.07, 6.45) is 1.20. The molecule has 0 aliphatic carbocycles. The number of aromatic nitrogens is 1. The van der Waals surface area contributed by atoms with Crippen LogP contribution in [0.1, 0.15) is 58.2 Å². The van der Waals surface area contributed by atoms with Gasteiger partial charge in [0.25, 0.3) is 0 Å². The van der Waals surface area contributed by atoms with Crippen LogP contribution in [0.25, 0.3) is 0 Å². The predicted molar refractivity (Wildman–Crippen MR) is 88.4 cm³/mol. The van der Waals surface area contributed by atoms with E-state index in [1.165, 1.54) is 17.7 Å². The first kappa shape index (κ1) is 17.0. The quantitative estimate of drug-likeness (QED) is 0.783. The van der Waals surface area contributed by atoms with Crippen molar-refractivity contribution in [3.63, 3.8) is 0 Å². The van der Waals surface area contributed by atoms with Crippen LogP contribution in [0.5, 0.6) is 0 Å². The van der Waals surface area contributed by atoms with Gasteiger partial charge in [-0.2, -0.15) is 0 Å². The molecule has 1 heterocycles. The lowest BCUT2D eigenvalue weighted by atomic mass is 10.1. The van der Waals surface area contributed by atoms with Gasteiger partial charge < -0.3 is 10.2 Å². The summed E-state index contributed by atoms with van der Waals surface area (Å²) in [6, 6.07) is 4.45. The minimum atomic E-state index is 0.467. The number of pyridine rings is 1. The highest BCUT2D eigenvalue weighted by atomic mass is 15.2. The van der Waals surface area contributed by atoms with Crippen molar-refractivity contribution in [2.75, 3.05) is 25.0 Å². The third kappa shape index (κ3) is 5.49. The molecule has 0 unspecified atom stereocenters. The van der Waals surface area contributed by atoms with Crippen molar-refractivity contribution in [1.82, 2.24) is 10.3 Å². The van der Waals surface area contributed by atoms with Crippen LogP contribution in [0.4, 0.5) is 5.82 Å². The van der Waals surface area contributed by atoms with Gasteiger partial charge >= 0.3 is 0 Å². The van der Waals surface area contributed by atoms with E-state index >= 15 is 0 Å². The summed E-state index contributed by atoms with van der Waals surface area (Å²) in [5.74, 6) is 2.30. The lowest BCUT2D eigenvalue weighted by molar-refractivity contribution is 0.583. The molecule has 0 spiro atoms. The first-order valence-corrected chi connectivity index (χ1v) is 7.86. The van der Waals surface area contributed by atoms with Gasteiger partial charge in [0.1, 0.15) is 5.82 Å². The maximum absolute atomic E-state index is 4.82. The Bertz CT molecular complexity index is 399. The molecule has 0 aliphatic heterocycles. The first-order chi connectivity index (χ1) is 9.43. The third-order valence-electron chi connectivity index (χ3n) is 3.50. The topological polar surface area (TPSA) is 28.2 Å². The highest BCUT2D eigenvalue weighted by Gasteiger charge is 2.10. The molecule has 3 heteroatoms. The molecule has 20 heavy (non-hydrogen) atoms. The van der Waals surface area contributed by atoms with E-state index in [1.54, 1.807) is 0 Å². The Morgan fingerprint density at radius 2 is 1.90 bits per heavy atom. The van der Waals surface area contributed by atoms with E-state index in [0.717, 1.165) is 31.4 Å². The van der Waals surface area contributed by atoms with E-state index in [4.69, 9.17) is 4.98 Å². The molecule has 0 fully saturated rings. The number of nitrogens with zero attached hydrogens (tertiary/aromatic N) is 2. The highest BCUT2D eigenvalue weighted by Crippen LogP contribution is 2.20. The average Bonchev–Trinajstić information content (AvgIpc) is 2.41. The molecule has 114 valence electrons. The Morgan fingerprint density at radius 1 is 1.20 bits per heavy atom. The zero-order valence-corrected chi connectivity index (χ0v) is 14.0. The Morgan fingerprint density at radius 3 is 2.45 bits per heavy atom. The lowest BCUT2D eigenvalue weighted by Gasteiger charge is -2.21. The van der Waals surface area contributed by atoms with E-state index in [1.807, 2.05) is 0 Å². The summed E-state index contributed by atoms with van der Waals surface area (Å²) in [4.78, 5) is 7.10. The summed E-state index contributed by atoms with van der Waals surface area (Å²) in [5, 5.41) is 3.40. The van der Waals surface area contributed by atoms with E-state index in [0.29, 0.717) is 5.92 Å². The summed E-state index contributed by atoms with van der Waals surface area (Å²) in [6.45, 7) is 14.1. The molecule has 1 rings (SSSR count). The van der Waals surface area contributed by atoms with Gasteiger partial charge in [0.05, 0.1) is 0 Å². The van der Waals surface area contributed by atoms with E-state index in [-0.39, 0.29) is 0 Å². The maximum Gasteiger partial charge on any atom is 0.128 e. The predicted octanol–water partition coefficient (Wildman–Crippen LogP) is 3.80. The van der Waals surface area contributed by atoms with Gasteiger partial charge in [-0.1, -0.05) is 34.6 Å². The van der Waals surface area contributed by atoms with Crippen molar-refractivity contribution < 1.29 is 0 Å². The van der Waals surface area contributed by atoms with E-state index < -0.39 is 0 Å². The fourth-order valence-electron chi connectivity index (χ4n) is 2.02. The van der Waals surface area contributed by atoms with Crippen molar-refractivity contribution in [2.45, 2.75) is 53.5 Å². The van der Waals surface area contributed by atoms with Crippen LogP contribution < -0.4 is 10.2 Å². The lowest BCUT2D eigenvalue weighted by Crippen LogP contribution is -2.22. The van der Waals surface area contributed by atoms with Crippen molar-refractivity contribution in [3.8, 4) is 0 Å². The second-order valence-electron chi connectivity index (χ2n) is 6.30. The number of rotatable bonds is 8. The molecule has 1 aromatic heterocycles. The minimum absolute atomic E-state index is 0.467. The summed E-state index contributed by atoms with van der Waals surface area (Å²) < 4.78 is 0. The molecule has 0 aliphatic rings. The third-order valence-corrected chi connectivity index (χ3v) is 3.50. The number of anilines is 1. The minimum Gasteiger partial charge on any atom is -0.360 e. The largest absolute Gasteiger partial charge is 0.360 e. The summed E-state index contributed by atoms with van der Waals surface area (Å²) >= 11 is 0. The van der Waals surface area contributed by atoms with Crippen LogP contribution >= 0.6 is 0 Å². The molecule has 0 radical (unpaired) electrons. The van der Waals surface area contributed by atoms with E-state index in [2.05, 4.69) is 64.0 Å². The monoisotopic (exact) mass is 277 g/mol. The van der Waals surface area contributed by atoms with Gasteiger partial charge in [0.15, 0.2) is 0 Å². The van der Waals surface area contributed by atoms with Gasteiger partial charge in [-0.05, 0) is 42.5 Å². The molecule has 0 amide bonds. The van der Waals surface area contributed by atoms with Crippen LogP contribution in [0.2, 0.25) is 0 Å². The Kier molecular flexibility index (Phi) is 7.00. The molecular weight excluding hydrogens is 246 g/mol. The molecule has 0 bridgehead atoms. The van der Waals surface area contributed by atoms with Gasteiger partial charge in [-0.25, -0.2) is 4.98 Å². The number of hydrogen-bond acceptors (Lipinski definition) is 3. The zero-order valence-electron chi connectivity index (χ0n) is 14.0. The molecule has 0 aromatic carbocycles. The van der Waals surface area contributed by atoms with Crippen LogP contribution in [0.3, 0.4) is 0 Å². The summed E-state index contributed by atoms with van der Waals surface area (Å²) in [7, 11) is 2.14. The second kappa shape index (κ2) is 8.25. The molecule has 3 nitrogen and oxygen atoms in total. The smallest absolute Gasteiger partial charge is 0.128 e. The SMILES string of the molecule is CCNCc1cc(C(C)C)nc(N(C)CCC(C)C)c1. The fourth-order valence-corrected chi connectivity index (χ4v) is 2.02. The van der Waals surface area contributed by atoms with Crippen LogP contribution in [0.15, 0.2) is 12.1 Å². The Hall–Kier alpha value is -1.09. The van der Waals surface area contributed by atoms with Crippen molar-refractivity contribution in [3.05, 3.63) is 23.4 Å². The molecule has 0 saturated carbocycles. The van der Waals surface area contributed by atoms with Crippen molar-refractivity contribution in [1.29, 1.82) is 0 Å². The normalized spacial score (nSPS) is 11.4. The molecule has 0 atom stereocenters. The molecule has 1 N–H and O–H groups in total. The average molecular weight is 277 g/mol. The zero-order chi connectivity index (χ0) is 15.1. The molecular formula is C17H31N3. The van der Waals surface area contributed by atoms with E-state index in [9.17, 15) is 0 Å². The van der Waals surface area contributed by atoms with Gasteiger partial charge in [-0.3, -0.25) is 0 Å². The first-order valence-electron chi connectivity index (χ1n) is 7.86. The number of nitrogens with one attached hydrogen (secondary N) is 1. The Labute approximate surface area is 124 Å². The highest BCUT2D eigenvalue weighted by molar-refractivity contribution is 5.42. The van der Waals surface area contributed by atoms with Crippen molar-refractivity contribution >= 4 is 5.82 Å². The standard InChI is InChI=1S/C17H31N3/c1-7-18-12-15-10-16(14(4)5)19-17(11-15)20(6)9-8-13(2)3/h10-11,13-14,18H,7-9,12H2,1-6H3. The van der Waals surface area contributed by atoms with Gasteiger partial charge in [0, 0.05) is 25.8 Å². The van der Waals surface area contributed by atoms with Crippen LogP contribution in [-0.2, 0) is 6.54 Å². The maximum atomic E-state index is 4.82. The van der Waals surface area contributed by atoms with Crippen LogP contribution in [-0.4, -0.2) is 25.1 Å².